The van der Waals surface area contributed by atoms with Gasteiger partial charge in [0.25, 0.3) is 5.91 Å². The first-order valence-electron chi connectivity index (χ1n) is 8.27. The van der Waals surface area contributed by atoms with Gasteiger partial charge >= 0.3 is 0 Å². The number of aromatic nitrogens is 2. The van der Waals surface area contributed by atoms with Crippen LogP contribution in [0.1, 0.15) is 14.5 Å². The van der Waals surface area contributed by atoms with Crippen LogP contribution in [0.2, 0.25) is 0 Å². The molecule has 3 heterocycles. The lowest BCUT2D eigenvalue weighted by molar-refractivity contribution is 0.0751. The molecule has 0 atom stereocenters. The van der Waals surface area contributed by atoms with Gasteiger partial charge < -0.3 is 9.80 Å². The monoisotopic (exact) mass is 395 g/mol. The van der Waals surface area contributed by atoms with Gasteiger partial charge in [-0.2, -0.15) is 0 Å². The second-order valence-corrected chi connectivity index (χ2v) is 9.01. The van der Waals surface area contributed by atoms with Gasteiger partial charge in [-0.15, -0.1) is 11.3 Å². The van der Waals surface area contributed by atoms with Crippen molar-refractivity contribution in [1.82, 2.24) is 19.6 Å². The number of rotatable bonds is 6. The van der Waals surface area contributed by atoms with Gasteiger partial charge in [-0.1, -0.05) is 0 Å². The van der Waals surface area contributed by atoms with E-state index in [0.29, 0.717) is 50.0 Å². The number of nitrogens with one attached hydrogen (secondary N) is 1. The number of piperazine rings is 1. The van der Waals surface area contributed by atoms with Crippen LogP contribution < -0.4 is 9.62 Å². The zero-order valence-corrected chi connectivity index (χ0v) is 16.1. The van der Waals surface area contributed by atoms with E-state index in [0.717, 1.165) is 11.1 Å². The smallest absolute Gasteiger partial charge is 0.264 e. The molecule has 0 spiro atoms. The highest BCUT2D eigenvalue weighted by atomic mass is 32.2. The third-order valence-electron chi connectivity index (χ3n) is 4.01. The van der Waals surface area contributed by atoms with E-state index in [1.807, 2.05) is 17.0 Å². The minimum absolute atomic E-state index is 0.0194. The molecule has 0 aromatic carbocycles. The maximum absolute atomic E-state index is 12.7. The van der Waals surface area contributed by atoms with E-state index in [9.17, 15) is 13.2 Å². The van der Waals surface area contributed by atoms with E-state index in [4.69, 9.17) is 0 Å². The zero-order chi connectivity index (χ0) is 18.6. The van der Waals surface area contributed by atoms with Crippen LogP contribution in [-0.2, 0) is 16.4 Å². The molecule has 1 saturated heterocycles. The molecule has 1 amide bonds. The average Bonchev–Trinajstić information content (AvgIpc) is 3.10. The van der Waals surface area contributed by atoms with Crippen LogP contribution in [0.5, 0.6) is 0 Å². The van der Waals surface area contributed by atoms with E-state index in [2.05, 4.69) is 19.6 Å². The molecular weight excluding hydrogens is 374 g/mol. The van der Waals surface area contributed by atoms with E-state index < -0.39 is 10.0 Å². The van der Waals surface area contributed by atoms with E-state index in [1.165, 1.54) is 11.3 Å². The van der Waals surface area contributed by atoms with Gasteiger partial charge in [-0.3, -0.25) is 4.79 Å². The van der Waals surface area contributed by atoms with Crippen molar-refractivity contribution in [2.75, 3.05) is 43.9 Å². The van der Waals surface area contributed by atoms with Crippen LogP contribution in [0.4, 0.5) is 5.95 Å². The molecule has 3 rings (SSSR count). The van der Waals surface area contributed by atoms with Crippen molar-refractivity contribution in [1.29, 1.82) is 0 Å². The lowest BCUT2D eigenvalue weighted by Crippen LogP contribution is -2.49. The van der Waals surface area contributed by atoms with Gasteiger partial charge in [0.15, 0.2) is 0 Å². The minimum atomic E-state index is -3.18. The van der Waals surface area contributed by atoms with Crippen molar-refractivity contribution in [3.8, 4) is 0 Å². The molecule has 1 N–H and O–H groups in total. The predicted molar refractivity (Wildman–Crippen MR) is 101 cm³/mol. The van der Waals surface area contributed by atoms with Gasteiger partial charge in [-0.25, -0.2) is 23.1 Å². The highest BCUT2D eigenvalue weighted by Crippen LogP contribution is 2.20. The summed E-state index contributed by atoms with van der Waals surface area (Å²) in [5, 5.41) is 0. The molecule has 2 aromatic heterocycles. The first-order valence-corrected chi connectivity index (χ1v) is 11.0. The number of nitrogens with zero attached hydrogens (tertiary/aromatic N) is 4. The summed E-state index contributed by atoms with van der Waals surface area (Å²) in [5.41, 5.74) is 0. The standard InChI is InChI=1S/C16H21N5O3S2/c1-26(23,24)19-8-5-13-3-4-14(25-13)15(22)20-9-11-21(12-10-20)16-17-6-2-7-18-16/h2-4,6-7,19H,5,8-12H2,1H3. The number of amides is 1. The Balaban J connectivity index is 1.52. The van der Waals surface area contributed by atoms with Gasteiger partial charge in [0.05, 0.1) is 11.1 Å². The van der Waals surface area contributed by atoms with E-state index in [-0.39, 0.29) is 5.91 Å². The third kappa shape index (κ3) is 4.99. The molecule has 1 aliphatic heterocycles. The maximum atomic E-state index is 12.7. The van der Waals surface area contributed by atoms with Crippen molar-refractivity contribution in [3.05, 3.63) is 40.3 Å². The Morgan fingerprint density at radius 2 is 1.88 bits per heavy atom. The van der Waals surface area contributed by atoms with Crippen molar-refractivity contribution in [2.24, 2.45) is 0 Å². The van der Waals surface area contributed by atoms with Crippen LogP contribution >= 0.6 is 11.3 Å². The second kappa shape index (κ2) is 8.11. The van der Waals surface area contributed by atoms with Gasteiger partial charge in [0.1, 0.15) is 0 Å². The highest BCUT2D eigenvalue weighted by Gasteiger charge is 2.24. The molecule has 1 aliphatic rings. The number of carbonyl (C=O) groups excluding carboxylic acids is 1. The van der Waals surface area contributed by atoms with Crippen LogP contribution in [0.3, 0.4) is 0 Å². The summed E-state index contributed by atoms with van der Waals surface area (Å²) in [5.74, 6) is 0.710. The summed E-state index contributed by atoms with van der Waals surface area (Å²) in [4.78, 5) is 26.7. The fourth-order valence-corrected chi connectivity index (χ4v) is 4.15. The number of hydrogen-bond donors (Lipinski definition) is 1. The Morgan fingerprint density at radius 1 is 1.19 bits per heavy atom. The molecule has 0 bridgehead atoms. The second-order valence-electron chi connectivity index (χ2n) is 6.01. The largest absolute Gasteiger partial charge is 0.337 e. The lowest BCUT2D eigenvalue weighted by atomic mass is 10.3. The Morgan fingerprint density at radius 3 is 2.54 bits per heavy atom. The van der Waals surface area contributed by atoms with Gasteiger partial charge in [-0.05, 0) is 24.6 Å². The molecule has 0 unspecified atom stereocenters. The molecule has 8 nitrogen and oxygen atoms in total. The molecule has 140 valence electrons. The number of anilines is 1. The molecule has 10 heteroatoms. The van der Waals surface area contributed by atoms with Crippen LogP contribution in [-0.4, -0.2) is 68.2 Å². The first kappa shape index (κ1) is 18.7. The summed E-state index contributed by atoms with van der Waals surface area (Å²) < 4.78 is 24.6. The minimum Gasteiger partial charge on any atom is -0.337 e. The molecule has 0 saturated carbocycles. The number of carbonyl (C=O) groups is 1. The van der Waals surface area contributed by atoms with Crippen LogP contribution in [0, 0.1) is 0 Å². The van der Waals surface area contributed by atoms with Crippen LogP contribution in [0.25, 0.3) is 0 Å². The molecule has 0 aliphatic carbocycles. The third-order valence-corrected chi connectivity index (χ3v) is 5.87. The molecule has 0 radical (unpaired) electrons. The average molecular weight is 396 g/mol. The Kier molecular flexibility index (Phi) is 5.84. The van der Waals surface area contributed by atoms with Crippen molar-refractivity contribution in [2.45, 2.75) is 6.42 Å². The first-order chi connectivity index (χ1) is 12.4. The summed E-state index contributed by atoms with van der Waals surface area (Å²) in [6.07, 6.45) is 5.14. The molecule has 2 aromatic rings. The SMILES string of the molecule is CS(=O)(=O)NCCc1ccc(C(=O)N2CCN(c3ncccn3)CC2)s1. The molecule has 26 heavy (non-hydrogen) atoms. The Hall–Kier alpha value is -2.04. The highest BCUT2D eigenvalue weighted by molar-refractivity contribution is 7.88. The number of thiophene rings is 1. The maximum Gasteiger partial charge on any atom is 0.264 e. The number of hydrogen-bond acceptors (Lipinski definition) is 7. The zero-order valence-electron chi connectivity index (χ0n) is 14.5. The van der Waals surface area contributed by atoms with Crippen LogP contribution in [0.15, 0.2) is 30.6 Å². The summed E-state index contributed by atoms with van der Waals surface area (Å²) in [6.45, 7) is 2.99. The summed E-state index contributed by atoms with van der Waals surface area (Å²) in [6, 6.07) is 5.48. The quantitative estimate of drug-likeness (QED) is 0.769. The van der Waals surface area contributed by atoms with Crippen molar-refractivity contribution in [3.63, 3.8) is 0 Å². The Labute approximate surface area is 156 Å². The fraction of sp³-hybridized carbons (Fsp3) is 0.438. The van der Waals surface area contributed by atoms with Crippen molar-refractivity contribution >= 4 is 33.2 Å². The van der Waals surface area contributed by atoms with E-state index >= 15 is 0 Å². The lowest BCUT2D eigenvalue weighted by Gasteiger charge is -2.34. The fourth-order valence-electron chi connectivity index (χ4n) is 2.71. The van der Waals surface area contributed by atoms with Gasteiger partial charge in [0.2, 0.25) is 16.0 Å². The number of sulfonamides is 1. The predicted octanol–water partition coefficient (Wildman–Crippen LogP) is 0.592. The van der Waals surface area contributed by atoms with Gasteiger partial charge in [0, 0.05) is 50.0 Å². The topological polar surface area (TPSA) is 95.5 Å². The summed E-state index contributed by atoms with van der Waals surface area (Å²) in [7, 11) is -3.18. The summed E-state index contributed by atoms with van der Waals surface area (Å²) >= 11 is 1.42. The normalized spacial score (nSPS) is 15.3. The molecular formula is C16H21N5O3S2. The Bertz CT molecular complexity index is 846. The van der Waals surface area contributed by atoms with E-state index in [1.54, 1.807) is 18.5 Å². The molecule has 1 fully saturated rings. The van der Waals surface area contributed by atoms with Crippen molar-refractivity contribution < 1.29 is 13.2 Å².